The Morgan fingerprint density at radius 1 is 1.33 bits per heavy atom. The molecule has 134 valence electrons. The molecular formula is C14H20N2O6S2. The first kappa shape index (κ1) is 18.7. The highest BCUT2D eigenvalue weighted by Gasteiger charge is 2.33. The number of methoxy groups -OCH3 is 1. The molecule has 0 bridgehead atoms. The lowest BCUT2D eigenvalue weighted by Gasteiger charge is -2.16. The summed E-state index contributed by atoms with van der Waals surface area (Å²) in [5.74, 6) is -1.09. The molecular weight excluding hydrogens is 356 g/mol. The molecule has 0 aromatic heterocycles. The van der Waals surface area contributed by atoms with Gasteiger partial charge in [0.25, 0.3) is 0 Å². The standard InChI is InChI=1S/C14H20N2O6S2/c1-16(2)24(20,21)13-8-11(4-5-12(13)22-3)15-14(17)10-6-7-23(18,19)9-10/h4-5,8,10H,6-7,9H2,1-3H3,(H,15,17)/t10-/m1/s1. The third-order valence-electron chi connectivity index (χ3n) is 3.79. The van der Waals surface area contributed by atoms with Crippen LogP contribution in [0.3, 0.4) is 0 Å². The van der Waals surface area contributed by atoms with E-state index in [1.807, 2.05) is 0 Å². The minimum Gasteiger partial charge on any atom is -0.495 e. The summed E-state index contributed by atoms with van der Waals surface area (Å²) in [4.78, 5) is 12.1. The van der Waals surface area contributed by atoms with Gasteiger partial charge in [-0.05, 0) is 24.6 Å². The van der Waals surface area contributed by atoms with E-state index in [0.717, 1.165) is 4.31 Å². The van der Waals surface area contributed by atoms with Gasteiger partial charge in [-0.1, -0.05) is 0 Å². The van der Waals surface area contributed by atoms with Crippen molar-refractivity contribution in [1.29, 1.82) is 0 Å². The van der Waals surface area contributed by atoms with Gasteiger partial charge in [-0.25, -0.2) is 21.1 Å². The van der Waals surface area contributed by atoms with Crippen LogP contribution in [0, 0.1) is 5.92 Å². The molecule has 1 aromatic carbocycles. The molecule has 10 heteroatoms. The second kappa shape index (κ2) is 6.69. The van der Waals surface area contributed by atoms with Crippen molar-refractivity contribution < 1.29 is 26.4 Å². The summed E-state index contributed by atoms with van der Waals surface area (Å²) in [6.45, 7) is 0. The van der Waals surface area contributed by atoms with E-state index in [9.17, 15) is 21.6 Å². The summed E-state index contributed by atoms with van der Waals surface area (Å²) in [7, 11) is -2.79. The Kier molecular flexibility index (Phi) is 5.21. The largest absolute Gasteiger partial charge is 0.495 e. The molecule has 24 heavy (non-hydrogen) atoms. The van der Waals surface area contributed by atoms with Crippen LogP contribution in [0.5, 0.6) is 5.75 Å². The molecule has 1 heterocycles. The number of carbonyl (C=O) groups is 1. The normalized spacial score (nSPS) is 20.1. The van der Waals surface area contributed by atoms with Gasteiger partial charge in [-0.2, -0.15) is 0 Å². The number of nitrogens with zero attached hydrogens (tertiary/aromatic N) is 1. The number of nitrogens with one attached hydrogen (secondary N) is 1. The van der Waals surface area contributed by atoms with Crippen molar-refractivity contribution >= 4 is 31.5 Å². The molecule has 1 saturated heterocycles. The molecule has 1 aromatic rings. The van der Waals surface area contributed by atoms with Crippen LogP contribution < -0.4 is 10.1 Å². The highest BCUT2D eigenvalue weighted by atomic mass is 32.2. The molecule has 0 radical (unpaired) electrons. The van der Waals surface area contributed by atoms with E-state index in [4.69, 9.17) is 4.74 Å². The van der Waals surface area contributed by atoms with Crippen LogP contribution in [0.2, 0.25) is 0 Å². The van der Waals surface area contributed by atoms with Crippen LogP contribution in [0.15, 0.2) is 23.1 Å². The number of ether oxygens (including phenoxy) is 1. The number of benzene rings is 1. The number of amides is 1. The van der Waals surface area contributed by atoms with Gasteiger partial charge in [0, 0.05) is 19.8 Å². The van der Waals surface area contributed by atoms with E-state index in [2.05, 4.69) is 5.32 Å². The SMILES string of the molecule is COc1ccc(NC(=O)[C@@H]2CCS(=O)(=O)C2)cc1S(=O)(=O)N(C)C. The minimum absolute atomic E-state index is 0.00599. The van der Waals surface area contributed by atoms with Crippen molar-refractivity contribution in [1.82, 2.24) is 4.31 Å². The van der Waals surface area contributed by atoms with Gasteiger partial charge in [-0.15, -0.1) is 0 Å². The van der Waals surface area contributed by atoms with E-state index in [0.29, 0.717) is 0 Å². The van der Waals surface area contributed by atoms with Crippen molar-refractivity contribution in [3.63, 3.8) is 0 Å². The maximum atomic E-state index is 12.3. The third kappa shape index (κ3) is 3.87. The average Bonchev–Trinajstić information content (AvgIpc) is 2.87. The molecule has 1 aliphatic rings. The monoisotopic (exact) mass is 376 g/mol. The average molecular weight is 376 g/mol. The predicted molar refractivity (Wildman–Crippen MR) is 89.3 cm³/mol. The second-order valence-electron chi connectivity index (χ2n) is 5.74. The van der Waals surface area contributed by atoms with Crippen LogP contribution in [0.4, 0.5) is 5.69 Å². The number of hydrogen-bond donors (Lipinski definition) is 1. The van der Waals surface area contributed by atoms with E-state index in [-0.39, 0.29) is 34.3 Å². The van der Waals surface area contributed by atoms with Crippen molar-refractivity contribution in [3.8, 4) is 5.75 Å². The zero-order valence-electron chi connectivity index (χ0n) is 13.6. The Balaban J connectivity index is 2.28. The lowest BCUT2D eigenvalue weighted by Crippen LogP contribution is -2.25. The van der Waals surface area contributed by atoms with E-state index < -0.39 is 31.7 Å². The summed E-state index contributed by atoms with van der Waals surface area (Å²) in [6, 6.07) is 4.25. The summed E-state index contributed by atoms with van der Waals surface area (Å²) < 4.78 is 53.7. The number of hydrogen-bond acceptors (Lipinski definition) is 6. The summed E-state index contributed by atoms with van der Waals surface area (Å²) in [5, 5.41) is 2.58. The number of carbonyl (C=O) groups excluding carboxylic acids is 1. The van der Waals surface area contributed by atoms with Crippen LogP contribution in [0.25, 0.3) is 0 Å². The smallest absolute Gasteiger partial charge is 0.246 e. The number of anilines is 1. The number of rotatable bonds is 5. The lowest BCUT2D eigenvalue weighted by molar-refractivity contribution is -0.119. The topological polar surface area (TPSA) is 110 Å². The molecule has 8 nitrogen and oxygen atoms in total. The molecule has 0 unspecified atom stereocenters. The fourth-order valence-corrected chi connectivity index (χ4v) is 5.22. The maximum absolute atomic E-state index is 12.3. The van der Waals surface area contributed by atoms with E-state index in [1.165, 1.54) is 39.4 Å². The first-order chi connectivity index (χ1) is 11.1. The third-order valence-corrected chi connectivity index (χ3v) is 7.40. The summed E-state index contributed by atoms with van der Waals surface area (Å²) in [6.07, 6.45) is 0.271. The Bertz CT molecular complexity index is 846. The van der Waals surface area contributed by atoms with E-state index >= 15 is 0 Å². The highest BCUT2D eigenvalue weighted by Crippen LogP contribution is 2.29. The van der Waals surface area contributed by atoms with Gasteiger partial charge in [0.2, 0.25) is 15.9 Å². The Labute approximate surface area is 141 Å². The Hall–Kier alpha value is -1.65. The Morgan fingerprint density at radius 3 is 2.50 bits per heavy atom. The second-order valence-corrected chi connectivity index (χ2v) is 10.1. The zero-order chi connectivity index (χ0) is 18.1. The van der Waals surface area contributed by atoms with Crippen LogP contribution >= 0.6 is 0 Å². The fourth-order valence-electron chi connectivity index (χ4n) is 2.40. The number of sulfonamides is 1. The molecule has 0 aliphatic carbocycles. The highest BCUT2D eigenvalue weighted by molar-refractivity contribution is 7.91. The predicted octanol–water partition coefficient (Wildman–Crippen LogP) is 0.319. The molecule has 0 saturated carbocycles. The minimum atomic E-state index is -3.75. The van der Waals surface area contributed by atoms with Gasteiger partial charge < -0.3 is 10.1 Å². The van der Waals surface area contributed by atoms with E-state index in [1.54, 1.807) is 0 Å². The van der Waals surface area contributed by atoms with Crippen molar-refractivity contribution in [2.45, 2.75) is 11.3 Å². The Morgan fingerprint density at radius 2 is 2.00 bits per heavy atom. The van der Waals surface area contributed by atoms with Crippen LogP contribution in [-0.4, -0.2) is 59.8 Å². The first-order valence-corrected chi connectivity index (χ1v) is 10.4. The number of sulfone groups is 1. The lowest BCUT2D eigenvalue weighted by atomic mass is 10.1. The van der Waals surface area contributed by atoms with Gasteiger partial charge in [0.15, 0.2) is 9.84 Å². The summed E-state index contributed by atoms with van der Waals surface area (Å²) in [5.41, 5.74) is 0.269. The molecule has 1 amide bonds. The van der Waals surface area contributed by atoms with Crippen molar-refractivity contribution in [2.24, 2.45) is 5.92 Å². The van der Waals surface area contributed by atoms with Gasteiger partial charge in [-0.3, -0.25) is 4.79 Å². The van der Waals surface area contributed by atoms with Crippen LogP contribution in [0.1, 0.15) is 6.42 Å². The quantitative estimate of drug-likeness (QED) is 0.792. The summed E-state index contributed by atoms with van der Waals surface area (Å²) >= 11 is 0. The van der Waals surface area contributed by atoms with Gasteiger partial charge >= 0.3 is 0 Å². The molecule has 0 spiro atoms. The van der Waals surface area contributed by atoms with Crippen molar-refractivity contribution in [3.05, 3.63) is 18.2 Å². The van der Waals surface area contributed by atoms with Crippen molar-refractivity contribution in [2.75, 3.05) is 38.0 Å². The first-order valence-electron chi connectivity index (χ1n) is 7.18. The fraction of sp³-hybridized carbons (Fsp3) is 0.500. The molecule has 1 atom stereocenters. The molecule has 2 rings (SSSR count). The van der Waals surface area contributed by atoms with Gasteiger partial charge in [0.1, 0.15) is 10.6 Å². The zero-order valence-corrected chi connectivity index (χ0v) is 15.3. The molecule has 1 N–H and O–H groups in total. The van der Waals surface area contributed by atoms with Crippen LogP contribution in [-0.2, 0) is 24.7 Å². The molecule has 1 aliphatic heterocycles. The van der Waals surface area contributed by atoms with Gasteiger partial charge in [0.05, 0.1) is 24.5 Å². The molecule has 1 fully saturated rings. The maximum Gasteiger partial charge on any atom is 0.246 e.